The first-order valence-electron chi connectivity index (χ1n) is 17.4. The lowest BCUT2D eigenvalue weighted by atomic mass is 10.0. The van der Waals surface area contributed by atoms with Crippen LogP contribution in [-0.4, -0.2) is 0 Å². The third kappa shape index (κ3) is 4.76. The highest BCUT2D eigenvalue weighted by molar-refractivity contribution is 7.26. The maximum Gasteiger partial charge on any atom is 0.141 e. The van der Waals surface area contributed by atoms with Crippen molar-refractivity contribution >= 4 is 85.0 Å². The fraction of sp³-hybridized carbons (Fsp3) is 0.0667. The quantitative estimate of drug-likeness (QED) is 0.172. The third-order valence-electron chi connectivity index (χ3n) is 10.4. The molecule has 0 saturated carbocycles. The highest BCUT2D eigenvalue weighted by atomic mass is 32.1. The van der Waals surface area contributed by atoms with Gasteiger partial charge in [0.05, 0.1) is 18.5 Å². The van der Waals surface area contributed by atoms with E-state index in [1.54, 1.807) is 0 Å². The molecule has 10 aromatic rings. The number of nitrogens with one attached hydrogen (secondary N) is 3. The largest absolute Gasteiger partial charge is 0.456 e. The van der Waals surface area contributed by atoms with Gasteiger partial charge in [0.15, 0.2) is 0 Å². The topological polar surface area (TPSA) is 49.2 Å². The first kappa shape index (κ1) is 29.4. The molecule has 1 saturated heterocycles. The number of furan rings is 1. The molecule has 0 radical (unpaired) electrons. The summed E-state index contributed by atoms with van der Waals surface area (Å²) >= 11 is 3.76. The molecule has 3 N–H and O–H groups in total. The van der Waals surface area contributed by atoms with E-state index < -0.39 is 0 Å². The van der Waals surface area contributed by atoms with Crippen molar-refractivity contribution in [1.29, 1.82) is 0 Å². The van der Waals surface area contributed by atoms with Gasteiger partial charge in [0.25, 0.3) is 0 Å². The van der Waals surface area contributed by atoms with E-state index in [0.29, 0.717) is 0 Å². The van der Waals surface area contributed by atoms with Gasteiger partial charge in [-0.25, -0.2) is 0 Å². The Labute approximate surface area is 302 Å². The van der Waals surface area contributed by atoms with Gasteiger partial charge < -0.3 is 4.42 Å². The minimum absolute atomic E-state index is 0.0700. The summed E-state index contributed by atoms with van der Waals surface area (Å²) in [5.41, 5.74) is 7.88. The fourth-order valence-electron chi connectivity index (χ4n) is 7.97. The maximum atomic E-state index is 6.49. The summed E-state index contributed by atoms with van der Waals surface area (Å²) in [5, 5.41) is 19.2. The molecule has 0 aliphatic carbocycles. The van der Waals surface area contributed by atoms with Crippen LogP contribution in [-0.2, 0) is 0 Å². The van der Waals surface area contributed by atoms with Crippen molar-refractivity contribution in [3.63, 3.8) is 0 Å². The van der Waals surface area contributed by atoms with Gasteiger partial charge in [0.2, 0.25) is 0 Å². The number of benzene rings is 7. The highest BCUT2D eigenvalue weighted by Gasteiger charge is 2.31. The molecular weight excluding hydrogens is 663 g/mol. The van der Waals surface area contributed by atoms with Gasteiger partial charge in [-0.3, -0.25) is 16.0 Å². The van der Waals surface area contributed by atoms with Crippen LogP contribution in [0.25, 0.3) is 73.4 Å². The molecule has 1 fully saturated rings. The molecule has 4 heterocycles. The van der Waals surface area contributed by atoms with E-state index in [1.165, 1.54) is 62.6 Å². The summed E-state index contributed by atoms with van der Waals surface area (Å²) in [6, 6.07) is 54.8. The van der Waals surface area contributed by atoms with E-state index in [1.807, 2.05) is 34.8 Å². The van der Waals surface area contributed by atoms with E-state index in [0.717, 1.165) is 27.5 Å². The van der Waals surface area contributed by atoms with Gasteiger partial charge in [-0.2, -0.15) is 0 Å². The van der Waals surface area contributed by atoms with E-state index >= 15 is 0 Å². The lowest BCUT2D eigenvalue weighted by Gasteiger charge is -2.39. The van der Waals surface area contributed by atoms with Gasteiger partial charge >= 0.3 is 0 Å². The van der Waals surface area contributed by atoms with Crippen molar-refractivity contribution in [3.05, 3.63) is 168 Å². The minimum atomic E-state index is -0.150. The van der Waals surface area contributed by atoms with Crippen LogP contribution in [0.5, 0.6) is 0 Å². The molecule has 0 amide bonds. The number of hydrogen-bond acceptors (Lipinski definition) is 6. The smallest absolute Gasteiger partial charge is 0.141 e. The van der Waals surface area contributed by atoms with Gasteiger partial charge in [-0.15, -0.1) is 22.7 Å². The molecule has 6 heteroatoms. The third-order valence-corrected chi connectivity index (χ3v) is 12.8. The molecule has 1 aliphatic heterocycles. The Balaban J connectivity index is 0.990. The Morgan fingerprint density at radius 3 is 2.00 bits per heavy atom. The first-order valence-corrected chi connectivity index (χ1v) is 19.0. The number of rotatable bonds is 4. The average molecular weight is 694 g/mol. The van der Waals surface area contributed by atoms with E-state index in [2.05, 4.69) is 155 Å². The second kappa shape index (κ2) is 11.6. The molecule has 51 heavy (non-hydrogen) atoms. The van der Waals surface area contributed by atoms with Gasteiger partial charge in [0.1, 0.15) is 11.2 Å². The number of para-hydroxylation sites is 2. The van der Waals surface area contributed by atoms with Crippen molar-refractivity contribution in [2.24, 2.45) is 0 Å². The van der Waals surface area contributed by atoms with E-state index in [-0.39, 0.29) is 18.5 Å². The van der Waals surface area contributed by atoms with Crippen LogP contribution < -0.4 is 16.0 Å². The molecule has 3 unspecified atom stereocenters. The Morgan fingerprint density at radius 2 is 1.10 bits per heavy atom. The lowest BCUT2D eigenvalue weighted by Crippen LogP contribution is -2.54. The van der Waals surface area contributed by atoms with Crippen LogP contribution in [0.2, 0.25) is 0 Å². The summed E-state index contributed by atoms with van der Waals surface area (Å²) in [7, 11) is 0. The predicted octanol–water partition coefficient (Wildman–Crippen LogP) is 12.2. The monoisotopic (exact) mass is 693 g/mol. The molecule has 11 rings (SSSR count). The van der Waals surface area contributed by atoms with Crippen LogP contribution in [0, 0.1) is 0 Å². The van der Waals surface area contributed by atoms with Crippen LogP contribution in [0.15, 0.2) is 156 Å². The normalized spacial score (nSPS) is 18.2. The van der Waals surface area contributed by atoms with Gasteiger partial charge in [0, 0.05) is 56.7 Å². The summed E-state index contributed by atoms with van der Waals surface area (Å²) in [6.07, 6.45) is -0.320. The summed E-state index contributed by atoms with van der Waals surface area (Å²) in [6.45, 7) is 0. The standard InChI is InChI=1S/C45H31N3OS2/c1-2-10-26(11-3-1)43-46-44(48-45(47-43)36-17-9-15-34-30-12-4-6-18-37(30)49-41(34)36)28-21-23-33-32-22-20-27(24-39(32)50-40(33)25-28)29-14-8-16-35-31-13-5-7-19-38(31)51-42(29)35/h1-25,43-48H. The summed E-state index contributed by atoms with van der Waals surface area (Å²) in [4.78, 5) is 0. The molecule has 3 atom stereocenters. The molecule has 3 aromatic heterocycles. The summed E-state index contributed by atoms with van der Waals surface area (Å²) < 4.78 is 11.8. The minimum Gasteiger partial charge on any atom is -0.456 e. The van der Waals surface area contributed by atoms with Crippen molar-refractivity contribution in [2.45, 2.75) is 18.5 Å². The Hall–Kier alpha value is -5.34. The van der Waals surface area contributed by atoms with Gasteiger partial charge in [-0.05, 0) is 46.5 Å². The fourth-order valence-corrected chi connectivity index (χ4v) is 10.4. The average Bonchev–Trinajstić information content (AvgIpc) is 3.88. The zero-order valence-corrected chi connectivity index (χ0v) is 29.0. The predicted molar refractivity (Wildman–Crippen MR) is 215 cm³/mol. The molecule has 244 valence electrons. The number of fused-ring (bicyclic) bond motifs is 9. The second-order valence-electron chi connectivity index (χ2n) is 13.4. The van der Waals surface area contributed by atoms with Crippen LogP contribution in [0.3, 0.4) is 0 Å². The Bertz CT molecular complexity index is 2940. The van der Waals surface area contributed by atoms with E-state index in [4.69, 9.17) is 4.42 Å². The molecular formula is C45H31N3OS2. The number of thiophene rings is 2. The van der Waals surface area contributed by atoms with Crippen LogP contribution >= 0.6 is 22.7 Å². The van der Waals surface area contributed by atoms with E-state index in [9.17, 15) is 0 Å². The SMILES string of the molecule is c1ccc(C2NC(c3ccc4c(c3)sc3cc(-c5cccc6c5sc5ccccc56)ccc34)NC(c3cccc4c3oc3ccccc34)N2)cc1. The Kier molecular flexibility index (Phi) is 6.69. The lowest BCUT2D eigenvalue weighted by molar-refractivity contribution is 0.203. The maximum absolute atomic E-state index is 6.49. The van der Waals surface area contributed by atoms with Crippen LogP contribution in [0.4, 0.5) is 0 Å². The van der Waals surface area contributed by atoms with Crippen LogP contribution in [0.1, 0.15) is 35.2 Å². The number of hydrogen-bond donors (Lipinski definition) is 3. The van der Waals surface area contributed by atoms with Crippen molar-refractivity contribution in [2.75, 3.05) is 0 Å². The molecule has 1 aliphatic rings. The molecule has 4 nitrogen and oxygen atoms in total. The highest BCUT2D eigenvalue weighted by Crippen LogP contribution is 2.43. The summed E-state index contributed by atoms with van der Waals surface area (Å²) in [5.74, 6) is 0. The van der Waals surface area contributed by atoms with Crippen molar-refractivity contribution in [1.82, 2.24) is 16.0 Å². The first-order chi connectivity index (χ1) is 25.2. The molecule has 0 bridgehead atoms. The Morgan fingerprint density at radius 1 is 0.431 bits per heavy atom. The second-order valence-corrected chi connectivity index (χ2v) is 15.5. The van der Waals surface area contributed by atoms with Crippen molar-refractivity contribution < 1.29 is 4.42 Å². The van der Waals surface area contributed by atoms with Crippen molar-refractivity contribution in [3.8, 4) is 11.1 Å². The van der Waals surface area contributed by atoms with Gasteiger partial charge in [-0.1, -0.05) is 127 Å². The zero-order chi connectivity index (χ0) is 33.5. The molecule has 7 aromatic carbocycles. The zero-order valence-electron chi connectivity index (χ0n) is 27.4. The molecule has 0 spiro atoms.